The van der Waals surface area contributed by atoms with Gasteiger partial charge in [0.15, 0.2) is 0 Å². The SMILES string of the molecule is CC(S)[C@H](NC(N)=O)C(=O)O. The summed E-state index contributed by atoms with van der Waals surface area (Å²) in [5.74, 6) is -1.15. The molecule has 0 radical (unpaired) electrons. The lowest BCUT2D eigenvalue weighted by atomic mass is 10.2. The largest absolute Gasteiger partial charge is 0.480 e. The van der Waals surface area contributed by atoms with Gasteiger partial charge >= 0.3 is 12.0 Å². The first-order valence-electron chi connectivity index (χ1n) is 2.92. The molecule has 0 bridgehead atoms. The minimum absolute atomic E-state index is 0.472. The highest BCUT2D eigenvalue weighted by atomic mass is 32.1. The van der Waals surface area contributed by atoms with Gasteiger partial charge in [-0.2, -0.15) is 12.6 Å². The number of nitrogens with one attached hydrogen (secondary N) is 1. The molecule has 0 fully saturated rings. The summed E-state index contributed by atoms with van der Waals surface area (Å²) in [5, 5.41) is 10.0. The van der Waals surface area contributed by atoms with Crippen molar-refractivity contribution in [2.75, 3.05) is 0 Å². The smallest absolute Gasteiger partial charge is 0.327 e. The number of hydrogen-bond acceptors (Lipinski definition) is 3. The van der Waals surface area contributed by atoms with Crippen LogP contribution in [0.1, 0.15) is 6.92 Å². The summed E-state index contributed by atoms with van der Waals surface area (Å²) in [6, 6.07) is -1.89. The minimum atomic E-state index is -1.15. The van der Waals surface area contributed by atoms with E-state index in [2.05, 4.69) is 12.6 Å². The van der Waals surface area contributed by atoms with Crippen LogP contribution >= 0.6 is 12.6 Å². The molecule has 0 aromatic carbocycles. The third kappa shape index (κ3) is 3.72. The molecule has 4 N–H and O–H groups in total. The number of carbonyl (C=O) groups is 2. The number of hydrogen-bond donors (Lipinski definition) is 4. The van der Waals surface area contributed by atoms with Crippen molar-refractivity contribution in [3.63, 3.8) is 0 Å². The predicted octanol–water partition coefficient (Wildman–Crippen LogP) is -0.574. The van der Waals surface area contributed by atoms with Gasteiger partial charge in [-0.05, 0) is 0 Å². The normalized spacial score (nSPS) is 15.1. The number of carboxylic acids is 1. The van der Waals surface area contributed by atoms with Gasteiger partial charge in [0.05, 0.1) is 0 Å². The zero-order chi connectivity index (χ0) is 9.02. The molecule has 6 heteroatoms. The number of carboxylic acid groups (broad SMARTS) is 1. The second-order valence-electron chi connectivity index (χ2n) is 2.07. The van der Waals surface area contributed by atoms with E-state index < -0.39 is 23.3 Å². The Kier molecular flexibility index (Phi) is 3.73. The van der Waals surface area contributed by atoms with Crippen LogP contribution in [0.3, 0.4) is 0 Å². The number of aliphatic carboxylic acids is 1. The highest BCUT2D eigenvalue weighted by Crippen LogP contribution is 2.00. The van der Waals surface area contributed by atoms with Gasteiger partial charge in [-0.25, -0.2) is 9.59 Å². The van der Waals surface area contributed by atoms with E-state index in [0.29, 0.717) is 0 Å². The van der Waals surface area contributed by atoms with E-state index in [0.717, 1.165) is 0 Å². The number of urea groups is 1. The molecule has 0 saturated heterocycles. The van der Waals surface area contributed by atoms with Gasteiger partial charge in [-0.15, -0.1) is 0 Å². The molecule has 0 aromatic heterocycles. The predicted molar refractivity (Wildman–Crippen MR) is 42.6 cm³/mol. The molecule has 1 unspecified atom stereocenters. The Labute approximate surface area is 69.4 Å². The van der Waals surface area contributed by atoms with Crippen molar-refractivity contribution in [2.24, 2.45) is 5.73 Å². The molecule has 0 aliphatic heterocycles. The van der Waals surface area contributed by atoms with Crippen molar-refractivity contribution >= 4 is 24.6 Å². The number of primary amides is 1. The second-order valence-corrected chi connectivity index (χ2v) is 2.88. The van der Waals surface area contributed by atoms with Gasteiger partial charge in [0.25, 0.3) is 0 Å². The topological polar surface area (TPSA) is 92.4 Å². The van der Waals surface area contributed by atoms with Crippen molar-refractivity contribution < 1.29 is 14.7 Å². The highest BCUT2D eigenvalue weighted by Gasteiger charge is 2.22. The van der Waals surface area contributed by atoms with Crippen molar-refractivity contribution in [2.45, 2.75) is 18.2 Å². The summed E-state index contributed by atoms with van der Waals surface area (Å²) < 4.78 is 0. The first-order chi connectivity index (χ1) is 4.95. The maximum atomic E-state index is 10.4. The fourth-order valence-corrected chi connectivity index (χ4v) is 0.744. The van der Waals surface area contributed by atoms with Crippen molar-refractivity contribution in [1.29, 1.82) is 0 Å². The third-order valence-corrected chi connectivity index (χ3v) is 1.34. The Bertz CT molecular complexity index is 171. The molecule has 11 heavy (non-hydrogen) atoms. The van der Waals surface area contributed by atoms with Crippen molar-refractivity contribution in [3.8, 4) is 0 Å². The molecule has 0 rings (SSSR count). The number of rotatable bonds is 3. The maximum Gasteiger partial charge on any atom is 0.327 e. The van der Waals surface area contributed by atoms with Gasteiger partial charge in [0.1, 0.15) is 6.04 Å². The molecule has 2 amide bonds. The van der Waals surface area contributed by atoms with Crippen molar-refractivity contribution in [1.82, 2.24) is 5.32 Å². The maximum absolute atomic E-state index is 10.4. The molecular formula is C5H10N2O3S. The van der Waals surface area contributed by atoms with Gasteiger partial charge in [-0.1, -0.05) is 6.92 Å². The average molecular weight is 178 g/mol. The van der Waals surface area contributed by atoms with Gasteiger partial charge in [0.2, 0.25) is 0 Å². The van der Waals surface area contributed by atoms with Crippen LogP contribution in [0.2, 0.25) is 0 Å². The van der Waals surface area contributed by atoms with E-state index in [1.54, 1.807) is 6.92 Å². The molecular weight excluding hydrogens is 168 g/mol. The molecule has 0 spiro atoms. The molecule has 0 aliphatic carbocycles. The summed E-state index contributed by atoms with van der Waals surface area (Å²) in [5.41, 5.74) is 4.72. The number of amides is 2. The van der Waals surface area contributed by atoms with E-state index in [9.17, 15) is 9.59 Å². The number of thiol groups is 1. The average Bonchev–Trinajstić information content (AvgIpc) is 1.81. The first kappa shape index (κ1) is 10.1. The van der Waals surface area contributed by atoms with Crippen LogP contribution in [-0.4, -0.2) is 28.4 Å². The zero-order valence-electron chi connectivity index (χ0n) is 5.94. The summed E-state index contributed by atoms with van der Waals surface area (Å²) in [6.07, 6.45) is 0. The Hall–Kier alpha value is -0.910. The van der Waals surface area contributed by atoms with E-state index in [4.69, 9.17) is 10.8 Å². The highest BCUT2D eigenvalue weighted by molar-refractivity contribution is 7.81. The van der Waals surface area contributed by atoms with Crippen LogP contribution in [0.15, 0.2) is 0 Å². The molecule has 0 saturated carbocycles. The fraction of sp³-hybridized carbons (Fsp3) is 0.600. The summed E-state index contributed by atoms with van der Waals surface area (Å²) in [4.78, 5) is 20.6. The van der Waals surface area contributed by atoms with E-state index in [1.807, 2.05) is 5.32 Å². The quantitative estimate of drug-likeness (QED) is 0.436. The van der Waals surface area contributed by atoms with E-state index in [-0.39, 0.29) is 0 Å². The molecule has 2 atom stereocenters. The molecule has 0 heterocycles. The monoisotopic (exact) mass is 178 g/mol. The van der Waals surface area contributed by atoms with Crippen LogP contribution in [0.4, 0.5) is 4.79 Å². The van der Waals surface area contributed by atoms with Gasteiger partial charge in [-0.3, -0.25) is 0 Å². The molecule has 5 nitrogen and oxygen atoms in total. The van der Waals surface area contributed by atoms with E-state index >= 15 is 0 Å². The summed E-state index contributed by atoms with van der Waals surface area (Å²) in [7, 11) is 0. The second kappa shape index (κ2) is 4.07. The standard InChI is InChI=1S/C5H10N2O3S/c1-2(11)3(4(8)9)7-5(6)10/h2-3,11H,1H3,(H,8,9)(H3,6,7,10)/t2?,3-/m0/s1. The Morgan fingerprint density at radius 3 is 2.18 bits per heavy atom. The Morgan fingerprint density at radius 1 is 1.64 bits per heavy atom. The number of carbonyl (C=O) groups excluding carboxylic acids is 1. The lowest BCUT2D eigenvalue weighted by Crippen LogP contribution is -2.48. The lowest BCUT2D eigenvalue weighted by Gasteiger charge is -2.14. The number of nitrogens with two attached hydrogens (primary N) is 1. The van der Waals surface area contributed by atoms with Crippen molar-refractivity contribution in [3.05, 3.63) is 0 Å². The summed E-state index contributed by atoms with van der Waals surface area (Å²) in [6.45, 7) is 1.55. The first-order valence-corrected chi connectivity index (χ1v) is 3.43. The van der Waals surface area contributed by atoms with Gasteiger partial charge < -0.3 is 16.2 Å². The van der Waals surface area contributed by atoms with Crippen LogP contribution < -0.4 is 11.1 Å². The summed E-state index contributed by atoms with van der Waals surface area (Å²) >= 11 is 3.86. The van der Waals surface area contributed by atoms with Crippen LogP contribution in [0.25, 0.3) is 0 Å². The Morgan fingerprint density at radius 2 is 2.09 bits per heavy atom. The fourth-order valence-electron chi connectivity index (χ4n) is 0.542. The minimum Gasteiger partial charge on any atom is -0.480 e. The van der Waals surface area contributed by atoms with Crippen LogP contribution in [0.5, 0.6) is 0 Å². The Balaban J connectivity index is 4.12. The molecule has 64 valence electrons. The molecule has 0 aromatic rings. The van der Waals surface area contributed by atoms with Crippen LogP contribution in [-0.2, 0) is 4.79 Å². The molecule has 0 aliphatic rings. The third-order valence-electron chi connectivity index (χ3n) is 1.05. The van der Waals surface area contributed by atoms with Gasteiger partial charge in [0, 0.05) is 5.25 Å². The lowest BCUT2D eigenvalue weighted by molar-refractivity contribution is -0.139. The van der Waals surface area contributed by atoms with E-state index in [1.165, 1.54) is 0 Å². The van der Waals surface area contributed by atoms with Crippen LogP contribution in [0, 0.1) is 0 Å². The zero-order valence-corrected chi connectivity index (χ0v) is 6.84.